The van der Waals surface area contributed by atoms with E-state index in [0.717, 1.165) is 36.0 Å². The van der Waals surface area contributed by atoms with E-state index in [1.807, 2.05) is 85.8 Å². The van der Waals surface area contributed by atoms with Gasteiger partial charge in [-0.3, -0.25) is 14.4 Å². The smallest absolute Gasteiger partial charge is 0.246 e. The topological polar surface area (TPSA) is 105 Å². The summed E-state index contributed by atoms with van der Waals surface area (Å²) in [6.07, 6.45) is 12.0. The molecule has 0 radical (unpaired) electrons. The predicted molar refractivity (Wildman–Crippen MR) is 167 cm³/mol. The molecule has 2 heterocycles. The Balaban J connectivity index is 1.54. The van der Waals surface area contributed by atoms with Crippen LogP contribution in [-0.4, -0.2) is 47.3 Å². The van der Waals surface area contributed by atoms with Crippen molar-refractivity contribution in [2.45, 2.75) is 76.0 Å². The van der Waals surface area contributed by atoms with Crippen LogP contribution in [-0.2, 0) is 20.8 Å². The van der Waals surface area contributed by atoms with Gasteiger partial charge in [-0.1, -0.05) is 91.5 Å². The second kappa shape index (κ2) is 15.3. The minimum absolute atomic E-state index is 0.0348. The molecule has 2 aromatic carbocycles. The molecule has 0 aromatic heterocycles. The number of fused-ring (bicyclic) bond motifs is 1. The molecule has 2 saturated heterocycles. The van der Waals surface area contributed by atoms with Crippen LogP contribution in [0.1, 0.15) is 62.6 Å². The van der Waals surface area contributed by atoms with Crippen molar-refractivity contribution in [3.8, 4) is 0 Å². The second-order valence-electron chi connectivity index (χ2n) is 11.2. The van der Waals surface area contributed by atoms with Gasteiger partial charge in [-0.25, -0.2) is 0 Å². The van der Waals surface area contributed by atoms with Gasteiger partial charge in [0.25, 0.3) is 0 Å². The summed E-state index contributed by atoms with van der Waals surface area (Å²) in [5.74, 6) is -0.594. The highest BCUT2D eigenvalue weighted by Crippen LogP contribution is 2.35. The summed E-state index contributed by atoms with van der Waals surface area (Å²) in [4.78, 5) is 43.0. The molecular weight excluding hydrogens is 524 g/mol. The summed E-state index contributed by atoms with van der Waals surface area (Å²) < 4.78 is 0. The summed E-state index contributed by atoms with van der Waals surface area (Å²) in [6, 6.07) is 17.9. The predicted octanol–water partition coefficient (Wildman–Crippen LogP) is 4.77. The third-order valence-corrected chi connectivity index (χ3v) is 8.47. The molecule has 4 N–H and O–H groups in total. The zero-order valence-corrected chi connectivity index (χ0v) is 24.6. The molecule has 0 saturated carbocycles. The first-order valence-corrected chi connectivity index (χ1v) is 15.1. The van der Waals surface area contributed by atoms with Gasteiger partial charge in [-0.2, -0.15) is 0 Å². The van der Waals surface area contributed by atoms with Crippen LogP contribution in [0, 0.1) is 5.92 Å². The van der Waals surface area contributed by atoms with E-state index in [1.165, 1.54) is 0 Å². The lowest BCUT2D eigenvalue weighted by Crippen LogP contribution is -2.56. The fraction of sp³-hybridized carbons (Fsp3) is 0.400. The zero-order chi connectivity index (χ0) is 29.9. The summed E-state index contributed by atoms with van der Waals surface area (Å²) >= 11 is 0. The van der Waals surface area contributed by atoms with E-state index in [2.05, 4.69) is 17.2 Å². The number of nitrogens with two attached hydrogens (primary N) is 1. The molecule has 2 aromatic rings. The lowest BCUT2D eigenvalue weighted by molar-refractivity contribution is -0.143. The number of carbonyl (C=O) groups is 3. The van der Waals surface area contributed by atoms with Crippen LogP contribution in [0.4, 0.5) is 0 Å². The minimum Gasteiger partial charge on any atom is -0.344 e. The Hall–Kier alpha value is -3.97. The van der Waals surface area contributed by atoms with E-state index in [4.69, 9.17) is 5.73 Å². The Labute approximate surface area is 249 Å². The number of amides is 3. The first kappa shape index (κ1) is 31.0. The van der Waals surface area contributed by atoms with Crippen LogP contribution < -0.4 is 16.4 Å². The van der Waals surface area contributed by atoms with E-state index in [1.54, 1.807) is 11.0 Å². The van der Waals surface area contributed by atoms with Crippen molar-refractivity contribution in [2.24, 2.45) is 11.7 Å². The van der Waals surface area contributed by atoms with E-state index < -0.39 is 18.1 Å². The largest absolute Gasteiger partial charge is 0.344 e. The summed E-state index contributed by atoms with van der Waals surface area (Å²) in [7, 11) is 0. The standard InChI is InChI=1S/C35H44N4O3/c1-3-5-14-26(4-2)32(27-15-10-7-11-16-27)38-34(41)30-21-20-29-19-18-28(23-24-36)33(35(42)39(29)30)37-31(40)22-17-25-12-8-6-9-13-25/h3-16,28-30,32-33H,2,17-24,36H2,1H3,(H,37,40)(H,38,41)/b5-3-,26-14+. The van der Waals surface area contributed by atoms with Crippen molar-refractivity contribution in [2.75, 3.05) is 6.54 Å². The van der Waals surface area contributed by atoms with Crippen molar-refractivity contribution >= 4 is 17.7 Å². The maximum absolute atomic E-state index is 14.2. The van der Waals surface area contributed by atoms with Crippen molar-refractivity contribution < 1.29 is 14.4 Å². The zero-order valence-electron chi connectivity index (χ0n) is 24.6. The van der Waals surface area contributed by atoms with Crippen molar-refractivity contribution in [3.63, 3.8) is 0 Å². The number of nitrogens with zero attached hydrogens (tertiary/aromatic N) is 1. The second-order valence-corrected chi connectivity index (χ2v) is 11.2. The van der Waals surface area contributed by atoms with Crippen LogP contribution in [0.2, 0.25) is 0 Å². The van der Waals surface area contributed by atoms with E-state index in [0.29, 0.717) is 25.8 Å². The van der Waals surface area contributed by atoms with Gasteiger partial charge in [0.05, 0.1) is 6.04 Å². The molecule has 0 spiro atoms. The average molecular weight is 569 g/mol. The number of allylic oxidation sites excluding steroid dienone is 3. The molecule has 5 atom stereocenters. The molecule has 0 aliphatic carbocycles. The first-order chi connectivity index (χ1) is 20.5. The molecule has 2 aliphatic heterocycles. The van der Waals surface area contributed by atoms with Gasteiger partial charge < -0.3 is 21.3 Å². The fourth-order valence-electron chi connectivity index (χ4n) is 6.28. The Kier molecular flexibility index (Phi) is 11.3. The van der Waals surface area contributed by atoms with Crippen LogP contribution in [0.15, 0.2) is 97.1 Å². The van der Waals surface area contributed by atoms with Gasteiger partial charge in [-0.05, 0) is 74.6 Å². The quantitative estimate of drug-likeness (QED) is 0.321. The molecule has 4 rings (SSSR count). The van der Waals surface area contributed by atoms with Gasteiger partial charge in [-0.15, -0.1) is 0 Å². The molecule has 7 nitrogen and oxygen atoms in total. The average Bonchev–Trinajstić information content (AvgIpc) is 3.40. The molecule has 2 fully saturated rings. The molecule has 5 unspecified atom stereocenters. The summed E-state index contributed by atoms with van der Waals surface area (Å²) in [5.41, 5.74) is 8.81. The summed E-state index contributed by atoms with van der Waals surface area (Å²) in [6.45, 7) is 6.36. The molecule has 3 amide bonds. The maximum Gasteiger partial charge on any atom is 0.246 e. The number of hydrogen-bond donors (Lipinski definition) is 3. The van der Waals surface area contributed by atoms with E-state index in [-0.39, 0.29) is 36.1 Å². The van der Waals surface area contributed by atoms with Gasteiger partial charge in [0.1, 0.15) is 12.1 Å². The first-order valence-electron chi connectivity index (χ1n) is 15.1. The molecule has 222 valence electrons. The Morgan fingerprint density at radius 3 is 2.40 bits per heavy atom. The third-order valence-electron chi connectivity index (χ3n) is 8.47. The van der Waals surface area contributed by atoms with Gasteiger partial charge in [0.15, 0.2) is 0 Å². The number of benzene rings is 2. The number of aryl methyl sites for hydroxylation is 1. The highest BCUT2D eigenvalue weighted by molar-refractivity contribution is 5.93. The summed E-state index contributed by atoms with van der Waals surface area (Å²) in [5, 5.41) is 6.28. The number of rotatable bonds is 12. The molecule has 7 heteroatoms. The number of nitrogens with one attached hydrogen (secondary N) is 2. The SMILES string of the molecule is C=C/C(=C\C=C/C)C(NC(=O)C1CCC2CCC(CCN)C(NC(=O)CCc3ccccc3)C(=O)N21)c1ccccc1. The molecule has 42 heavy (non-hydrogen) atoms. The molecular formula is C35H44N4O3. The lowest BCUT2D eigenvalue weighted by atomic mass is 9.90. The van der Waals surface area contributed by atoms with E-state index >= 15 is 0 Å². The monoisotopic (exact) mass is 568 g/mol. The van der Waals surface area contributed by atoms with Crippen LogP contribution >= 0.6 is 0 Å². The van der Waals surface area contributed by atoms with Gasteiger partial charge in [0, 0.05) is 12.5 Å². The van der Waals surface area contributed by atoms with Crippen LogP contribution in [0.25, 0.3) is 0 Å². The Morgan fingerprint density at radius 1 is 1.05 bits per heavy atom. The number of carbonyl (C=O) groups excluding carboxylic acids is 3. The highest BCUT2D eigenvalue weighted by atomic mass is 16.2. The van der Waals surface area contributed by atoms with Gasteiger partial charge >= 0.3 is 0 Å². The minimum atomic E-state index is -0.696. The third kappa shape index (κ3) is 7.65. The highest BCUT2D eigenvalue weighted by Gasteiger charge is 2.47. The van der Waals surface area contributed by atoms with E-state index in [9.17, 15) is 14.4 Å². The van der Waals surface area contributed by atoms with Crippen molar-refractivity contribution in [1.82, 2.24) is 15.5 Å². The maximum atomic E-state index is 14.2. The number of hydrogen-bond acceptors (Lipinski definition) is 4. The molecule has 2 aliphatic rings. The van der Waals surface area contributed by atoms with Crippen molar-refractivity contribution in [1.29, 1.82) is 0 Å². The van der Waals surface area contributed by atoms with Gasteiger partial charge in [0.2, 0.25) is 17.7 Å². The van der Waals surface area contributed by atoms with Crippen LogP contribution in [0.5, 0.6) is 0 Å². The normalized spacial score (nSPS) is 23.2. The van der Waals surface area contributed by atoms with Crippen molar-refractivity contribution in [3.05, 3.63) is 108 Å². The Bertz CT molecular complexity index is 1270. The molecule has 0 bridgehead atoms. The lowest BCUT2D eigenvalue weighted by Gasteiger charge is -2.33. The van der Waals surface area contributed by atoms with Crippen LogP contribution in [0.3, 0.4) is 0 Å². The fourth-order valence-corrected chi connectivity index (χ4v) is 6.28. The Morgan fingerprint density at radius 2 is 1.74 bits per heavy atom.